The van der Waals surface area contributed by atoms with Gasteiger partial charge in [0.05, 0.1) is 11.1 Å². The topological polar surface area (TPSA) is 36.9 Å². The molecule has 134 valence electrons. The lowest BCUT2D eigenvalue weighted by molar-refractivity contribution is -0.139. The van der Waals surface area contributed by atoms with Crippen LogP contribution in [0.4, 0.5) is 26.3 Å². The Morgan fingerprint density at radius 3 is 1.31 bits per heavy atom. The van der Waals surface area contributed by atoms with Gasteiger partial charge in [-0.25, -0.2) is 0 Å². The molecular weight excluding hydrogens is 368 g/mol. The van der Waals surface area contributed by atoms with Gasteiger partial charge in [0.15, 0.2) is 11.5 Å². The van der Waals surface area contributed by atoms with E-state index in [9.17, 15) is 26.3 Å². The Labute approximate surface area is 142 Å². The fraction of sp³-hybridized carbons (Fsp3) is 0.143. The lowest BCUT2D eigenvalue weighted by atomic mass is 9.49. The zero-order valence-electron chi connectivity index (χ0n) is 12.5. The van der Waals surface area contributed by atoms with E-state index in [0.717, 1.165) is 24.3 Å². The van der Waals surface area contributed by atoms with E-state index < -0.39 is 49.0 Å². The summed E-state index contributed by atoms with van der Waals surface area (Å²) in [4.78, 5) is 0. The minimum absolute atomic E-state index is 0.205. The Bertz CT molecular complexity index is 798. The molecule has 2 aliphatic heterocycles. The fourth-order valence-electron chi connectivity index (χ4n) is 2.66. The van der Waals surface area contributed by atoms with Crippen LogP contribution in [0.15, 0.2) is 36.4 Å². The summed E-state index contributed by atoms with van der Waals surface area (Å²) < 4.78 is 98.9. The Morgan fingerprint density at radius 2 is 0.962 bits per heavy atom. The summed E-state index contributed by atoms with van der Waals surface area (Å²) >= 11 is 0. The Kier molecular flexibility index (Phi) is 3.50. The van der Waals surface area contributed by atoms with E-state index in [0.29, 0.717) is 0 Å². The highest BCUT2D eigenvalue weighted by atomic mass is 19.4. The van der Waals surface area contributed by atoms with Crippen molar-refractivity contribution in [2.24, 2.45) is 0 Å². The molecule has 2 heterocycles. The second-order valence-electron chi connectivity index (χ2n) is 5.47. The first-order valence-electron chi connectivity index (χ1n) is 7.21. The molecule has 0 spiro atoms. The molecule has 4 rings (SSSR count). The fourth-order valence-corrected chi connectivity index (χ4v) is 2.66. The van der Waals surface area contributed by atoms with E-state index >= 15 is 0 Å². The summed E-state index contributed by atoms with van der Waals surface area (Å²) in [7, 11) is -3.00. The molecule has 0 unspecified atom stereocenters. The number of hydrogen-bond donors (Lipinski definition) is 0. The van der Waals surface area contributed by atoms with Gasteiger partial charge in [-0.05, 0) is 24.3 Å². The van der Waals surface area contributed by atoms with Crippen LogP contribution in [-0.4, -0.2) is 14.0 Å². The van der Waals surface area contributed by atoms with Crippen LogP contribution in [0.2, 0.25) is 0 Å². The molecule has 2 aliphatic rings. The molecule has 0 saturated heterocycles. The number of hydrogen-bond acceptors (Lipinski definition) is 4. The highest BCUT2D eigenvalue weighted by Gasteiger charge is 2.57. The first-order valence-corrected chi connectivity index (χ1v) is 7.21. The first kappa shape index (κ1) is 16.8. The molecule has 0 amide bonds. The molecule has 0 bridgehead atoms. The summed E-state index contributed by atoms with van der Waals surface area (Å²) in [6.07, 6.45) is -9.37. The SMILES string of the molecule is FC(F)(F)c1cccc2c1OB(B1Oc3cccc(C(F)(F)F)c3O1)O2. The molecule has 2 aromatic rings. The number of rotatable bonds is 1. The summed E-state index contributed by atoms with van der Waals surface area (Å²) in [5.74, 6) is -1.54. The van der Waals surface area contributed by atoms with E-state index in [4.69, 9.17) is 18.6 Å². The maximum atomic E-state index is 13.0. The van der Waals surface area contributed by atoms with E-state index in [1.165, 1.54) is 12.1 Å². The number of fused-ring (bicyclic) bond motifs is 2. The van der Waals surface area contributed by atoms with Crippen LogP contribution in [0, 0.1) is 0 Å². The molecule has 26 heavy (non-hydrogen) atoms. The maximum Gasteiger partial charge on any atom is 0.658 e. The summed E-state index contributed by atoms with van der Waals surface area (Å²) in [6, 6.07) is 6.34. The van der Waals surface area contributed by atoms with Crippen molar-refractivity contribution in [3.63, 3.8) is 0 Å². The van der Waals surface area contributed by atoms with Crippen molar-refractivity contribution >= 4 is 14.0 Å². The Morgan fingerprint density at radius 1 is 0.577 bits per heavy atom. The van der Waals surface area contributed by atoms with Crippen LogP contribution in [0.3, 0.4) is 0 Å². The van der Waals surface area contributed by atoms with E-state index in [1.807, 2.05) is 0 Å². The number of halogens is 6. The molecule has 0 N–H and O–H groups in total. The van der Waals surface area contributed by atoms with Gasteiger partial charge in [0.25, 0.3) is 0 Å². The molecule has 2 aromatic carbocycles. The second kappa shape index (κ2) is 5.42. The second-order valence-corrected chi connectivity index (χ2v) is 5.47. The highest BCUT2D eigenvalue weighted by molar-refractivity contribution is 7.12. The standard InChI is InChI=1S/C14H6B2F6O4/c17-13(18,19)7-3-1-5-9-11(7)25-15(23-9)16-24-10-6-2-4-8(12(10)26-16)14(20,21)22/h1-6H. The minimum Gasteiger partial charge on any atom is -0.524 e. The molecule has 0 saturated carbocycles. The Balaban J connectivity index is 1.60. The smallest absolute Gasteiger partial charge is 0.524 e. The van der Waals surface area contributed by atoms with Gasteiger partial charge in [-0.2, -0.15) is 26.3 Å². The van der Waals surface area contributed by atoms with Gasteiger partial charge in [0.2, 0.25) is 0 Å². The van der Waals surface area contributed by atoms with Crippen molar-refractivity contribution in [3.8, 4) is 23.0 Å². The van der Waals surface area contributed by atoms with Gasteiger partial charge < -0.3 is 18.6 Å². The van der Waals surface area contributed by atoms with Crippen molar-refractivity contribution in [2.75, 3.05) is 0 Å². The maximum absolute atomic E-state index is 13.0. The number of benzene rings is 2. The van der Waals surface area contributed by atoms with Gasteiger partial charge in [0, 0.05) is 0 Å². The number of para-hydroxylation sites is 2. The van der Waals surface area contributed by atoms with Crippen molar-refractivity contribution in [3.05, 3.63) is 47.5 Å². The van der Waals surface area contributed by atoms with Crippen LogP contribution < -0.4 is 18.6 Å². The van der Waals surface area contributed by atoms with Gasteiger partial charge in [-0.3, -0.25) is 0 Å². The lowest BCUT2D eigenvalue weighted by Crippen LogP contribution is -2.50. The highest BCUT2D eigenvalue weighted by Crippen LogP contribution is 2.47. The normalized spacial score (nSPS) is 15.6. The molecule has 4 nitrogen and oxygen atoms in total. The van der Waals surface area contributed by atoms with E-state index in [2.05, 4.69) is 0 Å². The summed E-state index contributed by atoms with van der Waals surface area (Å²) in [5, 5.41) is 0. The lowest BCUT2D eigenvalue weighted by Gasteiger charge is -2.11. The minimum atomic E-state index is -4.69. The average molecular weight is 374 g/mol. The van der Waals surface area contributed by atoms with E-state index in [1.54, 1.807) is 0 Å². The van der Waals surface area contributed by atoms with Crippen LogP contribution in [0.25, 0.3) is 0 Å². The third-order valence-electron chi connectivity index (χ3n) is 3.75. The van der Waals surface area contributed by atoms with Crippen molar-refractivity contribution in [1.82, 2.24) is 0 Å². The molecule has 0 fully saturated rings. The third-order valence-corrected chi connectivity index (χ3v) is 3.75. The summed E-state index contributed by atoms with van der Waals surface area (Å²) in [5.41, 5.74) is -2.13. The van der Waals surface area contributed by atoms with Crippen LogP contribution >= 0.6 is 0 Å². The zero-order valence-corrected chi connectivity index (χ0v) is 12.5. The quantitative estimate of drug-likeness (QED) is 0.559. The average Bonchev–Trinajstić information content (AvgIpc) is 3.15. The van der Waals surface area contributed by atoms with E-state index in [-0.39, 0.29) is 11.5 Å². The van der Waals surface area contributed by atoms with Crippen LogP contribution in [-0.2, 0) is 12.4 Å². The molecule has 12 heteroatoms. The molecule has 0 aliphatic carbocycles. The van der Waals surface area contributed by atoms with Crippen LogP contribution in [0.5, 0.6) is 23.0 Å². The van der Waals surface area contributed by atoms with Gasteiger partial charge in [-0.1, -0.05) is 12.1 Å². The number of alkyl halides is 6. The molecule has 0 radical (unpaired) electrons. The molecular formula is C14H6B2F6O4. The predicted molar refractivity (Wildman–Crippen MR) is 76.9 cm³/mol. The molecule has 0 aromatic heterocycles. The van der Waals surface area contributed by atoms with Gasteiger partial charge >= 0.3 is 26.4 Å². The van der Waals surface area contributed by atoms with Crippen molar-refractivity contribution in [1.29, 1.82) is 0 Å². The molecule has 0 atom stereocenters. The van der Waals surface area contributed by atoms with Crippen molar-refractivity contribution < 1.29 is 45.0 Å². The van der Waals surface area contributed by atoms with Crippen LogP contribution in [0.1, 0.15) is 11.1 Å². The Hall–Kier alpha value is -2.65. The predicted octanol–water partition coefficient (Wildman–Crippen LogP) is 4.02. The monoisotopic (exact) mass is 374 g/mol. The largest absolute Gasteiger partial charge is 0.658 e. The van der Waals surface area contributed by atoms with Gasteiger partial charge in [-0.15, -0.1) is 0 Å². The van der Waals surface area contributed by atoms with Gasteiger partial charge in [0.1, 0.15) is 11.5 Å². The summed E-state index contributed by atoms with van der Waals surface area (Å²) in [6.45, 7) is 0. The zero-order chi connectivity index (χ0) is 18.7. The van der Waals surface area contributed by atoms with Crippen molar-refractivity contribution in [2.45, 2.75) is 12.4 Å². The first-order chi connectivity index (χ1) is 12.1. The third kappa shape index (κ3) is 2.69.